The number of hydrogen-bond acceptors (Lipinski definition) is 5. The van der Waals surface area contributed by atoms with Crippen molar-refractivity contribution in [3.8, 4) is 11.5 Å². The molecular formula is C15H15F2N3O5. The molecule has 0 aliphatic heterocycles. The number of anilines is 1. The van der Waals surface area contributed by atoms with E-state index in [1.807, 2.05) is 0 Å². The number of halogens is 2. The molecule has 2 aromatic rings. The zero-order valence-corrected chi connectivity index (χ0v) is 13.3. The van der Waals surface area contributed by atoms with E-state index in [9.17, 15) is 18.4 Å². The quantitative estimate of drug-likeness (QED) is 0.790. The minimum Gasteiger partial charge on any atom is -0.490 e. The first-order chi connectivity index (χ1) is 11.8. The van der Waals surface area contributed by atoms with E-state index in [-0.39, 0.29) is 35.1 Å². The Balaban J connectivity index is 2.28. The maximum absolute atomic E-state index is 12.4. The second-order valence-corrected chi connectivity index (χ2v) is 4.76. The number of carboxylic acids is 1. The van der Waals surface area contributed by atoms with Gasteiger partial charge in [0.25, 0.3) is 5.91 Å². The molecule has 134 valence electrons. The molecule has 0 saturated carbocycles. The van der Waals surface area contributed by atoms with Gasteiger partial charge in [-0.3, -0.25) is 9.48 Å². The van der Waals surface area contributed by atoms with Gasteiger partial charge in [0.2, 0.25) is 0 Å². The molecule has 0 atom stereocenters. The molecule has 1 aromatic carbocycles. The molecule has 1 aromatic heterocycles. The highest BCUT2D eigenvalue weighted by molar-refractivity contribution is 6.09. The number of hydrogen-bond donors (Lipinski definition) is 2. The molecule has 0 unspecified atom stereocenters. The highest BCUT2D eigenvalue weighted by atomic mass is 19.3. The third kappa shape index (κ3) is 4.22. The molecule has 0 aliphatic carbocycles. The fraction of sp³-hybridized carbons (Fsp3) is 0.267. The van der Waals surface area contributed by atoms with E-state index in [0.717, 1.165) is 10.9 Å². The Hall–Kier alpha value is -3.17. The number of ether oxygens (including phenoxy) is 2. The predicted molar refractivity (Wildman–Crippen MR) is 82.4 cm³/mol. The molecule has 0 radical (unpaired) electrons. The number of rotatable bonds is 7. The summed E-state index contributed by atoms with van der Waals surface area (Å²) in [7, 11) is 1.42. The molecule has 10 heteroatoms. The third-order valence-corrected chi connectivity index (χ3v) is 3.10. The van der Waals surface area contributed by atoms with Crippen molar-refractivity contribution in [3.05, 3.63) is 35.7 Å². The van der Waals surface area contributed by atoms with Gasteiger partial charge >= 0.3 is 12.6 Å². The zero-order chi connectivity index (χ0) is 18.6. The van der Waals surface area contributed by atoms with Gasteiger partial charge in [0.1, 0.15) is 11.3 Å². The number of nitrogens with zero attached hydrogens (tertiary/aromatic N) is 2. The topological polar surface area (TPSA) is 103 Å². The van der Waals surface area contributed by atoms with Crippen LogP contribution in [0.15, 0.2) is 24.4 Å². The summed E-state index contributed by atoms with van der Waals surface area (Å²) in [5.74, 6) is -2.18. The Morgan fingerprint density at radius 2 is 2.08 bits per heavy atom. The molecule has 1 heterocycles. The molecule has 0 aliphatic rings. The van der Waals surface area contributed by atoms with Crippen LogP contribution in [0.3, 0.4) is 0 Å². The smallest absolute Gasteiger partial charge is 0.387 e. The Morgan fingerprint density at radius 1 is 1.36 bits per heavy atom. The largest absolute Gasteiger partial charge is 0.490 e. The second-order valence-electron chi connectivity index (χ2n) is 4.76. The van der Waals surface area contributed by atoms with E-state index in [1.54, 1.807) is 6.92 Å². The summed E-state index contributed by atoms with van der Waals surface area (Å²) in [5.41, 5.74) is -0.200. The predicted octanol–water partition coefficient (Wildman–Crippen LogP) is 2.37. The van der Waals surface area contributed by atoms with Crippen molar-refractivity contribution >= 4 is 17.6 Å². The summed E-state index contributed by atoms with van der Waals surface area (Å²) >= 11 is 0. The average Bonchev–Trinajstić information content (AvgIpc) is 2.91. The molecular weight excluding hydrogens is 340 g/mol. The second kappa shape index (κ2) is 7.60. The minimum absolute atomic E-state index is 0.0177. The highest BCUT2D eigenvalue weighted by Gasteiger charge is 2.22. The number of carbonyl (C=O) groups excluding carboxylic acids is 1. The van der Waals surface area contributed by atoms with Gasteiger partial charge < -0.3 is 19.9 Å². The first-order valence-electron chi connectivity index (χ1n) is 7.11. The number of aromatic carboxylic acids is 1. The maximum atomic E-state index is 12.4. The molecule has 2 rings (SSSR count). The van der Waals surface area contributed by atoms with Crippen LogP contribution in [0.2, 0.25) is 0 Å². The lowest BCUT2D eigenvalue weighted by molar-refractivity contribution is -0.0514. The highest BCUT2D eigenvalue weighted by Crippen LogP contribution is 2.32. The molecule has 1 amide bonds. The summed E-state index contributed by atoms with van der Waals surface area (Å²) in [6.07, 6.45) is 1.06. The van der Waals surface area contributed by atoms with E-state index in [1.165, 1.54) is 25.2 Å². The Morgan fingerprint density at radius 3 is 2.68 bits per heavy atom. The lowest BCUT2D eigenvalue weighted by Crippen LogP contribution is -2.19. The van der Waals surface area contributed by atoms with Crippen molar-refractivity contribution in [2.45, 2.75) is 13.5 Å². The third-order valence-electron chi connectivity index (χ3n) is 3.10. The van der Waals surface area contributed by atoms with E-state index < -0.39 is 18.5 Å². The summed E-state index contributed by atoms with van der Waals surface area (Å²) < 4.78 is 35.5. The fourth-order valence-electron chi connectivity index (χ4n) is 2.10. The summed E-state index contributed by atoms with van der Waals surface area (Å²) in [6.45, 7) is -1.17. The molecule has 0 bridgehead atoms. The summed E-state index contributed by atoms with van der Waals surface area (Å²) in [4.78, 5) is 23.5. The number of benzene rings is 1. The first-order valence-corrected chi connectivity index (χ1v) is 7.11. The van der Waals surface area contributed by atoms with Crippen LogP contribution in [0.5, 0.6) is 11.5 Å². The van der Waals surface area contributed by atoms with Crippen molar-refractivity contribution in [1.29, 1.82) is 0 Å². The van der Waals surface area contributed by atoms with E-state index in [4.69, 9.17) is 9.84 Å². The number of carbonyl (C=O) groups is 2. The SMILES string of the molecule is CCOc1cc(NC(=O)c2c(C(=O)O)cnn2C)ccc1OC(F)F. The van der Waals surface area contributed by atoms with Gasteiger partial charge in [0.15, 0.2) is 11.5 Å². The van der Waals surface area contributed by atoms with Gasteiger partial charge in [-0.1, -0.05) is 0 Å². The molecule has 2 N–H and O–H groups in total. The number of nitrogens with one attached hydrogen (secondary N) is 1. The lowest BCUT2D eigenvalue weighted by Gasteiger charge is -2.13. The van der Waals surface area contributed by atoms with Crippen molar-refractivity contribution in [3.63, 3.8) is 0 Å². The van der Waals surface area contributed by atoms with Crippen LogP contribution in [0, 0.1) is 0 Å². The van der Waals surface area contributed by atoms with Gasteiger partial charge in [-0.25, -0.2) is 4.79 Å². The van der Waals surface area contributed by atoms with Gasteiger partial charge in [-0.15, -0.1) is 0 Å². The standard InChI is InChI=1S/C15H15F2N3O5/c1-3-24-11-6-8(4-5-10(11)25-15(16)17)19-13(21)12-9(14(22)23)7-18-20(12)2/h4-7,15H,3H2,1-2H3,(H,19,21)(H,22,23). The molecule has 0 saturated heterocycles. The number of alkyl halides is 2. The Labute approximate surface area is 141 Å². The van der Waals surface area contributed by atoms with Crippen molar-refractivity contribution in [2.75, 3.05) is 11.9 Å². The molecule has 0 spiro atoms. The van der Waals surface area contributed by atoms with Crippen LogP contribution in [-0.4, -0.2) is 40.0 Å². The summed E-state index contributed by atoms with van der Waals surface area (Å²) in [6, 6.07) is 3.85. The van der Waals surface area contributed by atoms with Gasteiger partial charge in [0.05, 0.1) is 12.8 Å². The number of carboxylic acid groups (broad SMARTS) is 1. The Kier molecular flexibility index (Phi) is 5.52. The van der Waals surface area contributed by atoms with Crippen molar-refractivity contribution in [2.24, 2.45) is 7.05 Å². The number of aromatic nitrogens is 2. The van der Waals surface area contributed by atoms with Gasteiger partial charge in [-0.2, -0.15) is 13.9 Å². The van der Waals surface area contributed by atoms with Gasteiger partial charge in [0, 0.05) is 18.8 Å². The van der Waals surface area contributed by atoms with E-state index >= 15 is 0 Å². The van der Waals surface area contributed by atoms with E-state index in [0.29, 0.717) is 0 Å². The monoisotopic (exact) mass is 355 g/mol. The molecule has 8 nitrogen and oxygen atoms in total. The molecule has 0 fully saturated rings. The van der Waals surface area contributed by atoms with Crippen molar-refractivity contribution < 1.29 is 33.0 Å². The lowest BCUT2D eigenvalue weighted by atomic mass is 10.2. The first kappa shape index (κ1) is 18.2. The maximum Gasteiger partial charge on any atom is 0.387 e. The average molecular weight is 355 g/mol. The van der Waals surface area contributed by atoms with Gasteiger partial charge in [-0.05, 0) is 19.1 Å². The molecule has 25 heavy (non-hydrogen) atoms. The number of amides is 1. The minimum atomic E-state index is -3.02. The van der Waals surface area contributed by atoms with Crippen LogP contribution in [-0.2, 0) is 7.05 Å². The van der Waals surface area contributed by atoms with Crippen LogP contribution in [0.1, 0.15) is 27.8 Å². The van der Waals surface area contributed by atoms with Crippen molar-refractivity contribution in [1.82, 2.24) is 9.78 Å². The van der Waals surface area contributed by atoms with Crippen LogP contribution in [0.25, 0.3) is 0 Å². The van der Waals surface area contributed by atoms with Crippen LogP contribution in [0.4, 0.5) is 14.5 Å². The van der Waals surface area contributed by atoms with E-state index in [2.05, 4.69) is 15.2 Å². The Bertz CT molecular complexity index is 791. The van der Waals surface area contributed by atoms with Crippen LogP contribution >= 0.6 is 0 Å². The van der Waals surface area contributed by atoms with Crippen LogP contribution < -0.4 is 14.8 Å². The number of aryl methyl sites for hydroxylation is 1. The normalized spacial score (nSPS) is 10.6. The zero-order valence-electron chi connectivity index (χ0n) is 13.3. The summed E-state index contributed by atoms with van der Waals surface area (Å²) in [5, 5.41) is 15.3. The fourth-order valence-corrected chi connectivity index (χ4v) is 2.10.